The fourth-order valence-electron chi connectivity index (χ4n) is 1.77. The Bertz CT molecular complexity index is 701. The van der Waals surface area contributed by atoms with Gasteiger partial charge in [0, 0.05) is 10.8 Å². The van der Waals surface area contributed by atoms with Crippen molar-refractivity contribution in [2.45, 2.75) is 14.9 Å². The summed E-state index contributed by atoms with van der Waals surface area (Å²) in [5.41, 5.74) is 0.706. The van der Waals surface area contributed by atoms with Crippen LogP contribution in [0.2, 0.25) is 0 Å². The number of rotatable bonds is 0. The van der Waals surface area contributed by atoms with Crippen LogP contribution < -0.4 is 0 Å². The Morgan fingerprint density at radius 3 is 2.18 bits per heavy atom. The highest BCUT2D eigenvalue weighted by Crippen LogP contribution is 2.34. The molecule has 0 aliphatic carbocycles. The van der Waals surface area contributed by atoms with E-state index in [1.54, 1.807) is 0 Å². The minimum absolute atomic E-state index is 0. The zero-order valence-corrected chi connectivity index (χ0v) is 8.78. The Balaban J connectivity index is 0.000000722. The molecule has 0 N–H and O–H groups in total. The maximum absolute atomic E-state index is 11.8. The Hall–Kier alpha value is -1.66. The number of para-hydroxylation sites is 1. The smallest absolute Gasteiger partial charge is 0.250 e. The predicted molar refractivity (Wildman–Crippen MR) is 74.8 cm³/mol. The van der Waals surface area contributed by atoms with Crippen molar-refractivity contribution in [3.8, 4) is 0 Å². The predicted octanol–water partition coefficient (Wildman–Crippen LogP) is 5.60. The summed E-state index contributed by atoms with van der Waals surface area (Å²) in [6.07, 6.45) is 0. The van der Waals surface area contributed by atoms with Crippen molar-refractivity contribution in [3.63, 3.8) is 0 Å². The number of fused-ring (bicyclic) bond motifs is 3. The molecule has 1 aromatic heterocycles. The lowest BCUT2D eigenvalue weighted by atomic mass is 10.1. The van der Waals surface area contributed by atoms with Gasteiger partial charge in [0.2, 0.25) is 5.12 Å². The first-order chi connectivity index (χ1) is 7.36. The van der Waals surface area contributed by atoms with Crippen molar-refractivity contribution < 1.29 is 8.76 Å². The van der Waals surface area contributed by atoms with Crippen LogP contribution in [0.15, 0.2) is 52.7 Å². The highest BCUT2D eigenvalue weighted by atomic mass is 31.1. The van der Waals surface area contributed by atoms with Crippen LogP contribution in [0.5, 0.6) is 0 Å². The highest BCUT2D eigenvalue weighted by molar-refractivity contribution is 7.37. The summed E-state index contributed by atoms with van der Waals surface area (Å²) in [7, 11) is -1.74. The van der Waals surface area contributed by atoms with Crippen molar-refractivity contribution in [1.29, 1.82) is 0 Å². The molecule has 2 nitrogen and oxygen atoms in total. The molecule has 0 spiro atoms. The number of hydrogen-bond acceptors (Lipinski definition) is 2. The summed E-state index contributed by atoms with van der Waals surface area (Å²) in [5, 5.41) is 2.81. The van der Waals surface area contributed by atoms with Crippen molar-refractivity contribution in [2.24, 2.45) is 0 Å². The van der Waals surface area contributed by atoms with Gasteiger partial charge in [-0.25, -0.2) is 4.20 Å². The normalized spacial score (nSPS) is 10.7. The van der Waals surface area contributed by atoms with E-state index in [-0.39, 0.29) is 14.9 Å². The average molecular weight is 247 g/mol. The maximum Gasteiger partial charge on any atom is 0.597 e. The zero-order valence-electron chi connectivity index (χ0n) is 7.88. The summed E-state index contributed by atoms with van der Waals surface area (Å²) in [4.78, 5) is 0. The zero-order chi connectivity index (χ0) is 10.3. The molecule has 0 radical (unpaired) electrons. The lowest BCUT2D eigenvalue weighted by Gasteiger charge is -1.94. The summed E-state index contributed by atoms with van der Waals surface area (Å²) < 4.78 is 17.1. The lowest BCUT2D eigenvalue weighted by molar-refractivity contribution is 0.563. The third-order valence-corrected chi connectivity index (χ3v) is 3.61. The molecule has 3 aromatic rings. The standard InChI is InChI=1S/C12H8O2P.2CH4/c13-15-12-8-4-2-6-10(12)9-5-1-3-7-11(9)14-15;;/h1-8H;2*1H4/q+1;;. The SMILES string of the molecule is C.C.O=[p+]1oc2ccccc2c2ccccc21. The molecule has 0 bridgehead atoms. The Morgan fingerprint density at radius 2 is 1.41 bits per heavy atom. The van der Waals surface area contributed by atoms with Gasteiger partial charge in [0.1, 0.15) is 0 Å². The summed E-state index contributed by atoms with van der Waals surface area (Å²) in [6.45, 7) is 0. The lowest BCUT2D eigenvalue weighted by Crippen LogP contribution is -1.73. The van der Waals surface area contributed by atoms with E-state index in [1.165, 1.54) is 0 Å². The van der Waals surface area contributed by atoms with Gasteiger partial charge in [0.05, 0.1) is 0 Å². The van der Waals surface area contributed by atoms with Gasteiger partial charge in [-0.15, -0.1) is 0 Å². The second-order valence-corrected chi connectivity index (χ2v) is 4.54. The Morgan fingerprint density at radius 1 is 0.824 bits per heavy atom. The van der Waals surface area contributed by atoms with E-state index in [1.807, 2.05) is 48.5 Å². The fourth-order valence-corrected chi connectivity index (χ4v) is 2.80. The molecule has 0 amide bonds. The van der Waals surface area contributed by atoms with Gasteiger partial charge in [-0.1, -0.05) is 45.2 Å². The molecule has 3 rings (SSSR count). The monoisotopic (exact) mass is 247 g/mol. The Kier molecular flexibility index (Phi) is 4.03. The fraction of sp³-hybridized carbons (Fsp3) is 0.143. The second kappa shape index (κ2) is 5.11. The van der Waals surface area contributed by atoms with Gasteiger partial charge in [-0.2, -0.15) is 0 Å². The van der Waals surface area contributed by atoms with Crippen LogP contribution in [0.25, 0.3) is 21.5 Å². The van der Waals surface area contributed by atoms with Gasteiger partial charge in [0.25, 0.3) is 0 Å². The molecule has 2 aromatic carbocycles. The van der Waals surface area contributed by atoms with E-state index in [9.17, 15) is 4.57 Å². The maximum atomic E-state index is 11.8. The molecule has 17 heavy (non-hydrogen) atoms. The summed E-state index contributed by atoms with van der Waals surface area (Å²) >= 11 is 0. The van der Waals surface area contributed by atoms with Gasteiger partial charge >= 0.3 is 7.65 Å². The van der Waals surface area contributed by atoms with Crippen LogP contribution in [0, 0.1) is 0 Å². The van der Waals surface area contributed by atoms with Gasteiger partial charge in [-0.05, 0) is 22.8 Å². The molecule has 1 atom stereocenters. The van der Waals surface area contributed by atoms with E-state index in [0.717, 1.165) is 15.9 Å². The third-order valence-electron chi connectivity index (χ3n) is 2.46. The van der Waals surface area contributed by atoms with Crippen molar-refractivity contribution in [1.82, 2.24) is 0 Å². The van der Waals surface area contributed by atoms with E-state index >= 15 is 0 Å². The topological polar surface area (TPSA) is 30.2 Å². The van der Waals surface area contributed by atoms with E-state index in [4.69, 9.17) is 4.20 Å². The first kappa shape index (κ1) is 13.4. The van der Waals surface area contributed by atoms with Crippen LogP contribution >= 0.6 is 7.65 Å². The van der Waals surface area contributed by atoms with Crippen LogP contribution in [0.1, 0.15) is 14.9 Å². The van der Waals surface area contributed by atoms with Crippen LogP contribution in [-0.2, 0) is 4.57 Å². The van der Waals surface area contributed by atoms with Crippen molar-refractivity contribution in [3.05, 3.63) is 48.5 Å². The first-order valence-corrected chi connectivity index (χ1v) is 5.88. The molecular formula is C14H16O2P+. The molecule has 88 valence electrons. The van der Waals surface area contributed by atoms with E-state index in [0.29, 0.717) is 5.58 Å². The van der Waals surface area contributed by atoms with Crippen LogP contribution in [-0.4, -0.2) is 0 Å². The first-order valence-electron chi connectivity index (χ1n) is 4.70. The van der Waals surface area contributed by atoms with Crippen molar-refractivity contribution >= 4 is 29.1 Å². The van der Waals surface area contributed by atoms with Crippen molar-refractivity contribution in [2.75, 3.05) is 0 Å². The molecule has 0 aliphatic rings. The molecule has 0 fully saturated rings. The van der Waals surface area contributed by atoms with Gasteiger partial charge < -0.3 is 0 Å². The summed E-state index contributed by atoms with van der Waals surface area (Å²) in [5.74, 6) is 0. The minimum atomic E-state index is -1.74. The third kappa shape index (κ3) is 2.09. The van der Waals surface area contributed by atoms with Gasteiger partial charge in [0.15, 0.2) is 5.58 Å². The van der Waals surface area contributed by atoms with Crippen LogP contribution in [0.3, 0.4) is 0 Å². The van der Waals surface area contributed by atoms with Gasteiger partial charge in [-0.3, -0.25) is 0 Å². The molecule has 1 heterocycles. The molecule has 0 saturated carbocycles. The quantitative estimate of drug-likeness (QED) is 0.484. The van der Waals surface area contributed by atoms with Crippen LogP contribution in [0.4, 0.5) is 0 Å². The summed E-state index contributed by atoms with van der Waals surface area (Å²) in [6, 6.07) is 15.3. The average Bonchev–Trinajstić information content (AvgIpc) is 2.30. The minimum Gasteiger partial charge on any atom is -0.250 e. The largest absolute Gasteiger partial charge is 0.597 e. The molecular weight excluding hydrogens is 231 g/mol. The molecule has 1 unspecified atom stereocenters. The second-order valence-electron chi connectivity index (χ2n) is 3.36. The highest BCUT2D eigenvalue weighted by Gasteiger charge is 2.14. The molecule has 3 heteroatoms. The molecule has 0 aliphatic heterocycles. The molecule has 0 saturated heterocycles. The number of hydrogen-bond donors (Lipinski definition) is 0. The Labute approximate surface area is 102 Å². The van der Waals surface area contributed by atoms with E-state index in [2.05, 4.69) is 0 Å². The number of benzene rings is 2. The van der Waals surface area contributed by atoms with E-state index < -0.39 is 7.65 Å².